The highest BCUT2D eigenvalue weighted by Crippen LogP contribution is 2.29. The van der Waals surface area contributed by atoms with Crippen LogP contribution in [-0.2, 0) is 35.1 Å². The van der Waals surface area contributed by atoms with Crippen molar-refractivity contribution < 1.29 is 32.8 Å². The van der Waals surface area contributed by atoms with Crippen LogP contribution in [0.5, 0.6) is 0 Å². The smallest absolute Gasteiger partial charge is 0.333 e. The maximum atomic E-state index is 11.8. The molecule has 1 aromatic rings. The van der Waals surface area contributed by atoms with E-state index in [0.29, 0.717) is 38.0 Å². The monoisotopic (exact) mass is 489 g/mol. The molecule has 31 heavy (non-hydrogen) atoms. The Bertz CT molecular complexity index is 810. The maximum Gasteiger partial charge on any atom is 0.333 e. The van der Waals surface area contributed by atoms with Gasteiger partial charge in [-0.1, -0.05) is 23.3 Å². The normalized spacial score (nSPS) is 16.9. The molecule has 2 N–H and O–H groups in total. The molecule has 0 radical (unpaired) electrons. The zero-order valence-corrected chi connectivity index (χ0v) is 19.0. The Kier molecular flexibility index (Phi) is 11.0. The minimum absolute atomic E-state index is 0.0146. The lowest BCUT2D eigenvalue weighted by molar-refractivity contribution is -0.197. The number of hydrogen-bond acceptors (Lipinski definition) is 9. The lowest BCUT2D eigenvalue weighted by Gasteiger charge is -2.13. The van der Waals surface area contributed by atoms with E-state index in [1.807, 2.05) is 18.2 Å². The summed E-state index contributed by atoms with van der Waals surface area (Å²) in [6.07, 6.45) is 3.41. The molecule has 0 aliphatic carbocycles. The molecular weight excluding hydrogens is 466 g/mol. The van der Waals surface area contributed by atoms with E-state index in [-0.39, 0.29) is 17.4 Å². The van der Waals surface area contributed by atoms with Crippen LogP contribution < -0.4 is 5.32 Å². The predicted molar refractivity (Wildman–Crippen MR) is 116 cm³/mol. The van der Waals surface area contributed by atoms with E-state index in [1.165, 1.54) is 10.8 Å². The first kappa shape index (κ1) is 25.3. The van der Waals surface area contributed by atoms with Crippen molar-refractivity contribution in [2.45, 2.75) is 48.8 Å². The first-order valence-corrected chi connectivity index (χ1v) is 13.0. The van der Waals surface area contributed by atoms with Gasteiger partial charge in [-0.2, -0.15) is 0 Å². The summed E-state index contributed by atoms with van der Waals surface area (Å²) in [4.78, 5) is 55.8. The summed E-state index contributed by atoms with van der Waals surface area (Å²) in [6, 6.07) is 5.66. The number of unbranched alkanes of at least 4 members (excludes halogenated alkanes) is 2. The molecule has 0 bridgehead atoms. The van der Waals surface area contributed by atoms with Crippen molar-refractivity contribution in [3.63, 3.8) is 0 Å². The van der Waals surface area contributed by atoms with Crippen LogP contribution in [0.1, 0.15) is 38.5 Å². The Hall–Kier alpha value is -1.96. The molecule has 2 rings (SSSR count). The number of nitrogens with zero attached hydrogens (tertiary/aromatic N) is 2. The molecule has 2 heterocycles. The molecule has 1 aromatic heterocycles. The Labute approximate surface area is 189 Å². The van der Waals surface area contributed by atoms with Crippen LogP contribution >= 0.6 is 21.6 Å². The molecule has 10 nitrogen and oxygen atoms in total. The quantitative estimate of drug-likeness (QED) is 0.182. The fraction of sp³-hybridized carbons (Fsp3) is 0.500. The highest BCUT2D eigenvalue weighted by molar-refractivity contribution is 8.76. The van der Waals surface area contributed by atoms with Crippen molar-refractivity contribution in [1.82, 2.24) is 15.4 Å². The average Bonchev–Trinajstić information content (AvgIpc) is 3.03. The molecule has 2 unspecified atom stereocenters. The third-order valence-electron chi connectivity index (χ3n) is 4.07. The van der Waals surface area contributed by atoms with E-state index >= 15 is 0 Å². The van der Waals surface area contributed by atoms with Gasteiger partial charge >= 0.3 is 5.97 Å². The van der Waals surface area contributed by atoms with Gasteiger partial charge in [0.1, 0.15) is 5.03 Å². The van der Waals surface area contributed by atoms with Crippen molar-refractivity contribution in [1.29, 1.82) is 0 Å². The van der Waals surface area contributed by atoms with E-state index in [4.69, 9.17) is 9.39 Å². The van der Waals surface area contributed by atoms with Crippen LogP contribution in [-0.4, -0.2) is 60.0 Å². The molecule has 0 spiro atoms. The molecule has 1 aliphatic heterocycles. The molecule has 1 saturated heterocycles. The summed E-state index contributed by atoms with van der Waals surface area (Å²) in [5, 5.41) is 2.58. The number of carbonyl (C=O) groups excluding carboxylic acids is 4. The molecule has 1 fully saturated rings. The number of carbonyl (C=O) groups is 4. The summed E-state index contributed by atoms with van der Waals surface area (Å²) in [5.74, 6) is -1.95. The van der Waals surface area contributed by atoms with Crippen molar-refractivity contribution in [2.75, 3.05) is 12.3 Å². The number of amides is 3. The molecular formula is C18H23N3O7S3. The lowest BCUT2D eigenvalue weighted by Crippen LogP contribution is -2.35. The van der Waals surface area contributed by atoms with Gasteiger partial charge in [0, 0.05) is 31.3 Å². The number of nitrogens with one attached hydrogen (secondary N) is 1. The van der Waals surface area contributed by atoms with Crippen LogP contribution in [0.25, 0.3) is 0 Å². The number of rotatable bonds is 13. The van der Waals surface area contributed by atoms with Crippen LogP contribution in [0.15, 0.2) is 29.4 Å². The summed E-state index contributed by atoms with van der Waals surface area (Å²) < 4.78 is 19.9. The first-order chi connectivity index (χ1) is 14.9. The third-order valence-corrected chi connectivity index (χ3v) is 7.19. The van der Waals surface area contributed by atoms with Crippen molar-refractivity contribution in [3.05, 3.63) is 24.4 Å². The van der Waals surface area contributed by atoms with Gasteiger partial charge in [-0.15, -0.1) is 5.06 Å². The standard InChI is InChI=1S/C18H23N3O7S3/c22-14(8-11-29-30-15-6-3-5-10-20-15)19-9-4-1-2-7-17(24)28-21-16(23)12-13(18(21)25)31(26)27/h3,5-6,10,13H,1-2,4,7-9,11-12H2,(H,19,22)(H,26,27). The second-order valence-corrected chi connectivity index (χ2v) is 10.00. The summed E-state index contributed by atoms with van der Waals surface area (Å²) in [5.41, 5.74) is 0. The molecule has 0 saturated carbocycles. The Morgan fingerprint density at radius 3 is 2.74 bits per heavy atom. The van der Waals surface area contributed by atoms with Gasteiger partial charge in [0.05, 0.1) is 6.42 Å². The third kappa shape index (κ3) is 8.97. The van der Waals surface area contributed by atoms with E-state index in [1.54, 1.807) is 17.0 Å². The van der Waals surface area contributed by atoms with Gasteiger partial charge in [0.2, 0.25) is 5.91 Å². The van der Waals surface area contributed by atoms with E-state index < -0.39 is 40.5 Å². The van der Waals surface area contributed by atoms with E-state index in [2.05, 4.69) is 10.3 Å². The number of hydrogen-bond donors (Lipinski definition) is 2. The molecule has 3 amide bonds. The van der Waals surface area contributed by atoms with Gasteiger partial charge < -0.3 is 14.7 Å². The largest absolute Gasteiger partial charge is 0.356 e. The Morgan fingerprint density at radius 2 is 2.06 bits per heavy atom. The number of pyridine rings is 1. The first-order valence-electron chi connectivity index (χ1n) is 9.53. The molecule has 0 aromatic carbocycles. The van der Waals surface area contributed by atoms with Crippen molar-refractivity contribution in [2.24, 2.45) is 0 Å². The Morgan fingerprint density at radius 1 is 1.26 bits per heavy atom. The Balaban J connectivity index is 1.49. The van der Waals surface area contributed by atoms with Crippen LogP contribution in [0, 0.1) is 0 Å². The zero-order chi connectivity index (χ0) is 22.6. The second-order valence-electron chi connectivity index (χ2n) is 6.44. The van der Waals surface area contributed by atoms with Crippen LogP contribution in [0.2, 0.25) is 0 Å². The highest BCUT2D eigenvalue weighted by atomic mass is 33.1. The fourth-order valence-corrected chi connectivity index (χ4v) is 4.93. The predicted octanol–water partition coefficient (Wildman–Crippen LogP) is 1.70. The number of imide groups is 1. The van der Waals surface area contributed by atoms with Crippen LogP contribution in [0.4, 0.5) is 0 Å². The summed E-state index contributed by atoms with van der Waals surface area (Å²) >= 11 is -2.50. The number of hydroxylamine groups is 2. The van der Waals surface area contributed by atoms with Gasteiger partial charge in [0.15, 0.2) is 16.3 Å². The van der Waals surface area contributed by atoms with Gasteiger partial charge in [-0.05, 0) is 35.8 Å². The summed E-state index contributed by atoms with van der Waals surface area (Å²) in [6.45, 7) is 0.485. The second kappa shape index (κ2) is 13.5. The average molecular weight is 490 g/mol. The van der Waals surface area contributed by atoms with E-state index in [0.717, 1.165) is 5.03 Å². The van der Waals surface area contributed by atoms with Crippen molar-refractivity contribution >= 4 is 56.4 Å². The lowest BCUT2D eigenvalue weighted by atomic mass is 10.2. The van der Waals surface area contributed by atoms with Gasteiger partial charge in [-0.3, -0.25) is 14.4 Å². The van der Waals surface area contributed by atoms with Crippen LogP contribution in [0.3, 0.4) is 0 Å². The molecule has 13 heteroatoms. The molecule has 1 aliphatic rings. The maximum absolute atomic E-state index is 11.8. The SMILES string of the molecule is O=C(CCSSc1ccccn1)NCCCCCC(=O)ON1C(=O)CC(S(=O)O)C1=O. The molecule has 170 valence electrons. The van der Waals surface area contributed by atoms with Gasteiger partial charge in [-0.25, -0.2) is 14.0 Å². The van der Waals surface area contributed by atoms with Gasteiger partial charge in [0.25, 0.3) is 11.8 Å². The topological polar surface area (TPSA) is 143 Å². The molecule has 2 atom stereocenters. The highest BCUT2D eigenvalue weighted by Gasteiger charge is 2.44. The van der Waals surface area contributed by atoms with E-state index in [9.17, 15) is 23.4 Å². The zero-order valence-electron chi connectivity index (χ0n) is 16.6. The number of aromatic nitrogens is 1. The summed E-state index contributed by atoms with van der Waals surface area (Å²) in [7, 11) is 3.08. The fourth-order valence-electron chi connectivity index (χ4n) is 2.50. The minimum atomic E-state index is -2.50. The van der Waals surface area contributed by atoms with Crippen molar-refractivity contribution in [3.8, 4) is 0 Å². The minimum Gasteiger partial charge on any atom is -0.356 e.